The Hall–Kier alpha value is -7.24. The fourth-order valence-corrected chi connectivity index (χ4v) is 8.64. The van der Waals surface area contributed by atoms with Gasteiger partial charge in [-0.3, -0.25) is 29.3 Å². The summed E-state index contributed by atoms with van der Waals surface area (Å²) in [5.74, 6) is -4.73. The van der Waals surface area contributed by atoms with Crippen molar-refractivity contribution in [3.05, 3.63) is 142 Å². The summed E-state index contributed by atoms with van der Waals surface area (Å²) in [6.07, 6.45) is -7.12. The number of halogens is 13. The van der Waals surface area contributed by atoms with Crippen LogP contribution in [0, 0.1) is 35.1 Å². The van der Waals surface area contributed by atoms with Crippen molar-refractivity contribution >= 4 is 55.9 Å². The summed E-state index contributed by atoms with van der Waals surface area (Å²) in [5.41, 5.74) is 11.8. The molecule has 2 aromatic heterocycles. The monoisotopic (exact) mass is 1140 g/mol. The van der Waals surface area contributed by atoms with Gasteiger partial charge >= 0.3 is 28.0 Å². The first-order chi connectivity index (χ1) is 36.6. The summed E-state index contributed by atoms with van der Waals surface area (Å²) in [7, 11) is -6.15. The Morgan fingerprint density at radius 1 is 0.615 bits per heavy atom. The normalized spacial score (nSPS) is 15.9. The van der Waals surface area contributed by atoms with Crippen LogP contribution in [0.15, 0.2) is 107 Å². The molecule has 29 heteroatoms. The quantitative estimate of drug-likeness (QED) is 0.0250. The molecular weight excluding hydrogens is 1090 g/mol. The first kappa shape index (κ1) is 60.0. The van der Waals surface area contributed by atoms with E-state index < -0.39 is 76.2 Å². The molecule has 2 fully saturated rings. The number of hydrogen-bond acceptors (Lipinski definition) is 11. The molecule has 6 aromatic rings. The average molecular weight is 1140 g/mol. The molecule has 78 heavy (non-hydrogen) atoms. The molecule has 2 amide bonds. The molecule has 0 saturated carbocycles. The number of anilines is 2. The van der Waals surface area contributed by atoms with E-state index in [1.807, 2.05) is 30.3 Å². The van der Waals surface area contributed by atoms with E-state index in [9.17, 15) is 75.1 Å². The maximum atomic E-state index is 13.8. The Balaban J connectivity index is 0.000000208. The molecule has 0 aliphatic carbocycles. The van der Waals surface area contributed by atoms with Gasteiger partial charge in [-0.15, -0.1) is 0 Å². The minimum Gasteiger partial charge on any atom is -0.401 e. The predicted molar refractivity (Wildman–Crippen MR) is 260 cm³/mol. The number of carbonyl (C=O) groups is 2. The summed E-state index contributed by atoms with van der Waals surface area (Å²) in [6.45, 7) is -1.51. The lowest BCUT2D eigenvalue weighted by molar-refractivity contribution is -0.156. The smallest absolute Gasteiger partial charge is 0.401 e. The summed E-state index contributed by atoms with van der Waals surface area (Å²) >= 11 is 0. The number of nitrogens with zero attached hydrogens (tertiary/aromatic N) is 3. The van der Waals surface area contributed by atoms with Crippen LogP contribution < -0.4 is 27.4 Å². The van der Waals surface area contributed by atoms with E-state index in [1.54, 1.807) is 18.2 Å². The molecule has 0 bridgehead atoms. The third-order valence-corrected chi connectivity index (χ3v) is 13.1. The lowest BCUT2D eigenvalue weighted by atomic mass is 9.88. The maximum absolute atomic E-state index is 13.8. The van der Waals surface area contributed by atoms with Gasteiger partial charge in [-0.25, -0.2) is 27.5 Å². The minimum atomic E-state index is -6.15. The number of rotatable bonds is 13. The highest BCUT2D eigenvalue weighted by Crippen LogP contribution is 2.30. The highest BCUT2D eigenvalue weighted by atomic mass is 32.2. The van der Waals surface area contributed by atoms with E-state index >= 15 is 0 Å². The zero-order valence-electron chi connectivity index (χ0n) is 40.6. The second-order valence-corrected chi connectivity index (χ2v) is 19.4. The lowest BCUT2D eigenvalue weighted by Crippen LogP contribution is -2.41. The number of nitrogens with one attached hydrogen (secondary N) is 5. The molecule has 0 unspecified atom stereocenters. The fraction of sp³-hybridized carbons (Fsp3) is 0.347. The summed E-state index contributed by atoms with van der Waals surface area (Å²) < 4.78 is 182. The third-order valence-electron chi connectivity index (χ3n) is 12.1. The van der Waals surface area contributed by atoms with Crippen LogP contribution in [-0.2, 0) is 36.7 Å². The molecule has 2 saturated heterocycles. The molecule has 0 atom stereocenters. The largest absolute Gasteiger partial charge is 0.523 e. The number of likely N-dealkylation sites (tertiary alicyclic amines) is 1. The SMILES string of the molecule is NC(=C(Cc1ccc(F)c(F)c1)C(=O)Nc1nc2ccccc2[nH]1)C1CCN(CC(F)(F)F)CC1.NC(=C(Cc1ccc(F)c(F)c1)C(=O)Nc1nc2ccccc2[nH]1)C1CCNCC1.O=S(=O)(OCC(F)(F)F)C(F)(F)F. The topological polar surface area (TPSA) is 226 Å². The predicted octanol–water partition coefficient (Wildman–Crippen LogP) is 9.16. The third kappa shape index (κ3) is 17.1. The number of nitrogens with two attached hydrogens (primary N) is 2. The van der Waals surface area contributed by atoms with Crippen LogP contribution in [0.4, 0.5) is 69.0 Å². The van der Waals surface area contributed by atoms with Gasteiger partial charge in [-0.2, -0.15) is 47.9 Å². The summed E-state index contributed by atoms with van der Waals surface area (Å²) in [6, 6.07) is 21.5. The fourth-order valence-electron chi connectivity index (χ4n) is 8.22. The Bertz CT molecular complexity index is 3170. The molecule has 422 valence electrons. The summed E-state index contributed by atoms with van der Waals surface area (Å²) in [5, 5.41) is 8.71. The Kier molecular flexibility index (Phi) is 19.6. The number of amides is 2. The zero-order valence-corrected chi connectivity index (χ0v) is 41.4. The van der Waals surface area contributed by atoms with Gasteiger partial charge in [0.15, 0.2) is 29.9 Å². The van der Waals surface area contributed by atoms with E-state index in [-0.39, 0.29) is 55.0 Å². The number of allylic oxidation sites excluding steroid dienone is 2. The van der Waals surface area contributed by atoms with Gasteiger partial charge in [0.05, 0.1) is 28.6 Å². The molecule has 4 heterocycles. The van der Waals surface area contributed by atoms with Crippen molar-refractivity contribution in [2.45, 2.75) is 56.4 Å². The number of H-pyrrole nitrogens is 2. The van der Waals surface area contributed by atoms with Crippen LogP contribution in [0.5, 0.6) is 0 Å². The maximum Gasteiger partial charge on any atom is 0.523 e. The second kappa shape index (κ2) is 25.5. The van der Waals surface area contributed by atoms with Gasteiger partial charge in [0.1, 0.15) is 0 Å². The van der Waals surface area contributed by atoms with Crippen LogP contribution >= 0.6 is 0 Å². The number of benzene rings is 4. The molecule has 0 spiro atoms. The van der Waals surface area contributed by atoms with Gasteiger partial charge in [-0.1, -0.05) is 36.4 Å². The Labute approximate surface area is 435 Å². The number of aromatic nitrogens is 4. The van der Waals surface area contributed by atoms with E-state index in [0.29, 0.717) is 52.2 Å². The van der Waals surface area contributed by atoms with E-state index in [2.05, 4.69) is 40.1 Å². The zero-order chi connectivity index (χ0) is 57.2. The second-order valence-electron chi connectivity index (χ2n) is 17.8. The van der Waals surface area contributed by atoms with Crippen LogP contribution in [0.3, 0.4) is 0 Å². The molecule has 15 nitrogen and oxygen atoms in total. The standard InChI is InChI=1S/C24H24F5N5O.C22H23F2N5O.C3H2F6O3S/c25-17-6-5-14(12-18(17)26)11-16(21(30)15-7-9-34(10-8-15)13-24(27,28)29)22(35)33-23-31-19-3-1-2-4-20(19)32-23;23-16-6-5-13(12-17(16)24)11-15(20(25)14-7-9-26-10-8-14)21(30)29-22-27-18-3-1-2-4-19(18)28-22;4-2(5,6)1-12-13(10,11)3(7,8)9/h1-6,12,15H,7-11,13,30H2,(H2,31,32,33,35);1-6,12,14,26H,7-11,25H2,(H2,27,28,29,30);1H2. The van der Waals surface area contributed by atoms with Crippen LogP contribution in [0.25, 0.3) is 22.1 Å². The van der Waals surface area contributed by atoms with Gasteiger partial charge in [0.25, 0.3) is 11.8 Å². The first-order valence-electron chi connectivity index (χ1n) is 23.4. The van der Waals surface area contributed by atoms with Crippen LogP contribution in [0.2, 0.25) is 0 Å². The van der Waals surface area contributed by atoms with Crippen molar-refractivity contribution in [1.82, 2.24) is 30.2 Å². The van der Waals surface area contributed by atoms with Gasteiger partial charge < -0.3 is 26.8 Å². The Morgan fingerprint density at radius 2 is 1.04 bits per heavy atom. The molecular formula is C49H49F13N10O5S. The van der Waals surface area contributed by atoms with E-state index in [0.717, 1.165) is 61.2 Å². The Morgan fingerprint density at radius 3 is 1.42 bits per heavy atom. The van der Waals surface area contributed by atoms with E-state index in [4.69, 9.17) is 11.5 Å². The van der Waals surface area contributed by atoms with Gasteiger partial charge in [-0.05, 0) is 112 Å². The number of hydrogen-bond donors (Lipinski definition) is 7. The van der Waals surface area contributed by atoms with Gasteiger partial charge in [0.2, 0.25) is 11.9 Å². The van der Waals surface area contributed by atoms with Crippen molar-refractivity contribution in [3.8, 4) is 0 Å². The molecule has 4 aromatic carbocycles. The van der Waals surface area contributed by atoms with Crippen molar-refractivity contribution in [2.24, 2.45) is 23.3 Å². The average Bonchev–Trinajstić information content (AvgIpc) is 3.99. The van der Waals surface area contributed by atoms with Crippen molar-refractivity contribution in [1.29, 1.82) is 0 Å². The van der Waals surface area contributed by atoms with Crippen LogP contribution in [0.1, 0.15) is 36.8 Å². The molecule has 2 aliphatic rings. The number of para-hydroxylation sites is 4. The molecule has 8 rings (SSSR count). The van der Waals surface area contributed by atoms with Crippen molar-refractivity contribution in [2.75, 3.05) is 50.0 Å². The number of carbonyl (C=O) groups excluding carboxylic acids is 2. The number of alkyl halides is 9. The van der Waals surface area contributed by atoms with Crippen molar-refractivity contribution < 1.29 is 79.3 Å². The van der Waals surface area contributed by atoms with Crippen LogP contribution in [-0.4, -0.2) is 102 Å². The first-order valence-corrected chi connectivity index (χ1v) is 24.9. The number of piperidine rings is 2. The summed E-state index contributed by atoms with van der Waals surface area (Å²) in [4.78, 5) is 42.4. The lowest BCUT2D eigenvalue weighted by Gasteiger charge is -2.33. The minimum absolute atomic E-state index is 0.0490. The van der Waals surface area contributed by atoms with E-state index in [1.165, 1.54) is 17.0 Å². The number of imidazole rings is 2. The number of fused-ring (bicyclic) bond motifs is 2. The van der Waals surface area contributed by atoms with Gasteiger partial charge in [0, 0.05) is 47.2 Å². The molecule has 0 radical (unpaired) electrons. The number of aromatic amines is 2. The highest BCUT2D eigenvalue weighted by Gasteiger charge is 2.49. The molecule has 2 aliphatic heterocycles. The highest BCUT2D eigenvalue weighted by molar-refractivity contribution is 7.87. The molecule has 9 N–H and O–H groups in total. The van der Waals surface area contributed by atoms with Crippen molar-refractivity contribution in [3.63, 3.8) is 0 Å².